The highest BCUT2D eigenvalue weighted by Crippen LogP contribution is 2.33. The fourth-order valence-corrected chi connectivity index (χ4v) is 1.44. The summed E-state index contributed by atoms with van der Waals surface area (Å²) >= 11 is 0. The number of carboxylic acids is 1. The molecular weight excluding hydrogens is 222 g/mol. The number of carboxylic acid groups (broad SMARTS) is 1. The first-order chi connectivity index (χ1) is 8.13. The van der Waals surface area contributed by atoms with E-state index in [9.17, 15) is 4.79 Å². The van der Waals surface area contributed by atoms with Gasteiger partial charge in [-0.15, -0.1) is 0 Å². The molecule has 5 nitrogen and oxygen atoms in total. The minimum atomic E-state index is -1.07. The third kappa shape index (κ3) is 2.98. The second-order valence-electron chi connectivity index (χ2n) is 3.25. The molecule has 0 spiro atoms. The monoisotopic (exact) mass is 237 g/mol. The van der Waals surface area contributed by atoms with Gasteiger partial charge in [-0.1, -0.05) is 12.2 Å². The van der Waals surface area contributed by atoms with Crippen molar-refractivity contribution in [1.82, 2.24) is 0 Å². The molecule has 0 aromatic heterocycles. The van der Waals surface area contributed by atoms with E-state index in [4.69, 9.17) is 20.3 Å². The van der Waals surface area contributed by atoms with Crippen LogP contribution in [0.25, 0.3) is 6.08 Å². The Balaban J connectivity index is 3.34. The Kier molecular flexibility index (Phi) is 4.54. The zero-order valence-corrected chi connectivity index (χ0v) is 9.77. The minimum Gasteiger partial charge on any atom is -0.493 e. The molecule has 0 aliphatic heterocycles. The molecule has 0 heterocycles. The van der Waals surface area contributed by atoms with Gasteiger partial charge in [0.05, 0.1) is 14.2 Å². The predicted octanol–water partition coefficient (Wildman–Crippen LogP) is 1.37. The summed E-state index contributed by atoms with van der Waals surface area (Å²) in [6, 6.07) is 3.20. The molecule has 0 amide bonds. The maximum Gasteiger partial charge on any atom is 0.339 e. The summed E-state index contributed by atoms with van der Waals surface area (Å²) in [6.45, 7) is 0.386. The van der Waals surface area contributed by atoms with Crippen LogP contribution in [0, 0.1) is 0 Å². The molecular formula is C12H15NO4. The number of carbonyl (C=O) groups is 1. The van der Waals surface area contributed by atoms with Crippen molar-refractivity contribution in [2.45, 2.75) is 0 Å². The molecule has 0 fully saturated rings. The standard InChI is InChI=1S/C12H15NO4/c1-16-10-7-8(4-3-5-13)6-9(12(14)15)11(10)17-2/h3-4,6-7H,5,13H2,1-2H3,(H,14,15)/b4-3+. The molecule has 0 atom stereocenters. The lowest BCUT2D eigenvalue weighted by atomic mass is 10.1. The van der Waals surface area contributed by atoms with Crippen molar-refractivity contribution in [3.63, 3.8) is 0 Å². The molecule has 1 aromatic carbocycles. The van der Waals surface area contributed by atoms with Crippen molar-refractivity contribution < 1.29 is 19.4 Å². The fourth-order valence-electron chi connectivity index (χ4n) is 1.44. The molecule has 0 unspecified atom stereocenters. The van der Waals surface area contributed by atoms with E-state index in [0.717, 1.165) is 0 Å². The zero-order chi connectivity index (χ0) is 12.8. The SMILES string of the molecule is COc1cc(/C=C/CN)cc(C(=O)O)c1OC. The molecule has 0 aliphatic carbocycles. The number of rotatable bonds is 5. The topological polar surface area (TPSA) is 81.8 Å². The molecule has 3 N–H and O–H groups in total. The summed E-state index contributed by atoms with van der Waals surface area (Å²) in [5.41, 5.74) is 6.10. The van der Waals surface area contributed by atoms with Gasteiger partial charge in [0.2, 0.25) is 0 Å². The Morgan fingerprint density at radius 3 is 2.59 bits per heavy atom. The lowest BCUT2D eigenvalue weighted by Crippen LogP contribution is -2.03. The smallest absolute Gasteiger partial charge is 0.339 e. The van der Waals surface area contributed by atoms with Gasteiger partial charge in [-0.25, -0.2) is 4.79 Å². The van der Waals surface area contributed by atoms with Crippen LogP contribution in [-0.2, 0) is 0 Å². The Hall–Kier alpha value is -2.01. The molecule has 0 aliphatic rings. The molecule has 0 saturated carbocycles. The van der Waals surface area contributed by atoms with Crippen LogP contribution >= 0.6 is 0 Å². The van der Waals surface area contributed by atoms with Crippen molar-refractivity contribution >= 4 is 12.0 Å². The van der Waals surface area contributed by atoms with Crippen LogP contribution in [0.4, 0.5) is 0 Å². The van der Waals surface area contributed by atoms with Crippen molar-refractivity contribution in [3.05, 3.63) is 29.3 Å². The number of ether oxygens (including phenoxy) is 2. The molecule has 0 saturated heterocycles. The summed E-state index contributed by atoms with van der Waals surface area (Å²) in [6.07, 6.45) is 3.46. The molecule has 1 aromatic rings. The molecule has 0 radical (unpaired) electrons. The average molecular weight is 237 g/mol. The first-order valence-corrected chi connectivity index (χ1v) is 5.00. The van der Waals surface area contributed by atoms with Gasteiger partial charge < -0.3 is 20.3 Å². The zero-order valence-electron chi connectivity index (χ0n) is 9.77. The van der Waals surface area contributed by atoms with Crippen LogP contribution in [0.15, 0.2) is 18.2 Å². The van der Waals surface area contributed by atoms with E-state index in [2.05, 4.69) is 0 Å². The second kappa shape index (κ2) is 5.91. The van der Waals surface area contributed by atoms with Gasteiger partial charge in [0.15, 0.2) is 11.5 Å². The highest BCUT2D eigenvalue weighted by Gasteiger charge is 2.16. The van der Waals surface area contributed by atoms with E-state index in [1.165, 1.54) is 20.3 Å². The van der Waals surface area contributed by atoms with Crippen LogP contribution in [-0.4, -0.2) is 31.8 Å². The quantitative estimate of drug-likeness (QED) is 0.808. The molecule has 5 heteroatoms. The maximum absolute atomic E-state index is 11.1. The number of benzene rings is 1. The van der Waals surface area contributed by atoms with E-state index in [1.807, 2.05) is 0 Å². The summed E-state index contributed by atoms with van der Waals surface area (Å²) in [4.78, 5) is 11.1. The highest BCUT2D eigenvalue weighted by molar-refractivity contribution is 5.93. The van der Waals surface area contributed by atoms with Gasteiger partial charge in [0.25, 0.3) is 0 Å². The number of hydrogen-bond acceptors (Lipinski definition) is 4. The first-order valence-electron chi connectivity index (χ1n) is 5.00. The average Bonchev–Trinajstić information content (AvgIpc) is 2.34. The van der Waals surface area contributed by atoms with E-state index < -0.39 is 5.97 Å². The second-order valence-corrected chi connectivity index (χ2v) is 3.25. The van der Waals surface area contributed by atoms with E-state index in [1.54, 1.807) is 18.2 Å². The van der Waals surface area contributed by atoms with Gasteiger partial charge >= 0.3 is 5.97 Å². The van der Waals surface area contributed by atoms with E-state index in [-0.39, 0.29) is 11.3 Å². The summed E-state index contributed by atoms with van der Waals surface area (Å²) in [5, 5.41) is 9.08. The molecule has 17 heavy (non-hydrogen) atoms. The van der Waals surface area contributed by atoms with Crippen LogP contribution < -0.4 is 15.2 Å². The predicted molar refractivity (Wildman–Crippen MR) is 64.6 cm³/mol. The van der Waals surface area contributed by atoms with Crippen molar-refractivity contribution in [2.24, 2.45) is 5.73 Å². The Labute approximate surface area is 99.5 Å². The number of aromatic carboxylic acids is 1. The third-order valence-corrected chi connectivity index (χ3v) is 2.18. The third-order valence-electron chi connectivity index (χ3n) is 2.18. The minimum absolute atomic E-state index is 0.0588. The number of hydrogen-bond donors (Lipinski definition) is 2. The van der Waals surface area contributed by atoms with Crippen LogP contribution in [0.3, 0.4) is 0 Å². The van der Waals surface area contributed by atoms with Crippen LogP contribution in [0.2, 0.25) is 0 Å². The van der Waals surface area contributed by atoms with Gasteiger partial charge in [-0.2, -0.15) is 0 Å². The van der Waals surface area contributed by atoms with E-state index in [0.29, 0.717) is 17.9 Å². The lowest BCUT2D eigenvalue weighted by molar-refractivity contribution is 0.0692. The summed E-state index contributed by atoms with van der Waals surface area (Å²) in [7, 11) is 2.86. The Morgan fingerprint density at radius 2 is 2.12 bits per heavy atom. The van der Waals surface area contributed by atoms with Crippen LogP contribution in [0.1, 0.15) is 15.9 Å². The van der Waals surface area contributed by atoms with Gasteiger partial charge in [-0.05, 0) is 17.7 Å². The number of methoxy groups -OCH3 is 2. The maximum atomic E-state index is 11.1. The van der Waals surface area contributed by atoms with Crippen molar-refractivity contribution in [2.75, 3.05) is 20.8 Å². The summed E-state index contributed by atoms with van der Waals surface area (Å²) < 4.78 is 10.1. The Morgan fingerprint density at radius 1 is 1.41 bits per heavy atom. The molecule has 92 valence electrons. The fraction of sp³-hybridized carbons (Fsp3) is 0.250. The van der Waals surface area contributed by atoms with Crippen LogP contribution in [0.5, 0.6) is 11.5 Å². The van der Waals surface area contributed by atoms with Crippen molar-refractivity contribution in [3.8, 4) is 11.5 Å². The normalized spacial score (nSPS) is 10.5. The Bertz CT molecular complexity index is 440. The molecule has 0 bridgehead atoms. The van der Waals surface area contributed by atoms with Crippen molar-refractivity contribution in [1.29, 1.82) is 0 Å². The van der Waals surface area contributed by atoms with E-state index >= 15 is 0 Å². The first kappa shape index (κ1) is 13.1. The highest BCUT2D eigenvalue weighted by atomic mass is 16.5. The van der Waals surface area contributed by atoms with Gasteiger partial charge in [0, 0.05) is 6.54 Å². The number of nitrogens with two attached hydrogens (primary N) is 1. The van der Waals surface area contributed by atoms with Gasteiger partial charge in [-0.3, -0.25) is 0 Å². The lowest BCUT2D eigenvalue weighted by Gasteiger charge is -2.11. The van der Waals surface area contributed by atoms with Gasteiger partial charge in [0.1, 0.15) is 5.56 Å². The summed E-state index contributed by atoms with van der Waals surface area (Å²) in [5.74, 6) is -0.475. The molecule has 1 rings (SSSR count). The largest absolute Gasteiger partial charge is 0.493 e.